The van der Waals surface area contributed by atoms with Gasteiger partial charge in [-0.05, 0) is 18.6 Å². The van der Waals surface area contributed by atoms with Crippen molar-refractivity contribution in [2.45, 2.75) is 38.9 Å². The van der Waals surface area contributed by atoms with Gasteiger partial charge in [-0.25, -0.2) is 0 Å². The van der Waals surface area contributed by atoms with Crippen molar-refractivity contribution in [1.82, 2.24) is 0 Å². The Morgan fingerprint density at radius 2 is 2.00 bits per heavy atom. The van der Waals surface area contributed by atoms with Crippen LogP contribution in [0.2, 0.25) is 0 Å². The highest BCUT2D eigenvalue weighted by Crippen LogP contribution is 2.19. The standard InChI is InChI=1S/C12H17NO4/c1-2-3-4-5-12(14)17-11-8-6-10(7-9-11)13(15)16/h6-9,12,14H,2-5H2,1H3. The van der Waals surface area contributed by atoms with E-state index in [0.717, 1.165) is 19.3 Å². The number of rotatable bonds is 7. The molecule has 5 nitrogen and oxygen atoms in total. The van der Waals surface area contributed by atoms with E-state index in [1.54, 1.807) is 0 Å². The van der Waals surface area contributed by atoms with Gasteiger partial charge in [0.05, 0.1) is 4.92 Å². The summed E-state index contributed by atoms with van der Waals surface area (Å²) in [5, 5.41) is 20.0. The molecule has 1 atom stereocenters. The Labute approximate surface area is 100 Å². The third-order valence-corrected chi connectivity index (χ3v) is 2.37. The van der Waals surface area contributed by atoms with E-state index < -0.39 is 11.2 Å². The van der Waals surface area contributed by atoms with Gasteiger partial charge in [0.1, 0.15) is 5.75 Å². The van der Waals surface area contributed by atoms with Crippen LogP contribution >= 0.6 is 0 Å². The zero-order valence-corrected chi connectivity index (χ0v) is 9.83. The molecular weight excluding hydrogens is 222 g/mol. The minimum Gasteiger partial charge on any atom is -0.465 e. The molecule has 1 aromatic carbocycles. The normalized spacial score (nSPS) is 12.1. The van der Waals surface area contributed by atoms with E-state index in [4.69, 9.17) is 4.74 Å². The van der Waals surface area contributed by atoms with Crippen molar-refractivity contribution in [2.24, 2.45) is 0 Å². The lowest BCUT2D eigenvalue weighted by Crippen LogP contribution is -2.15. The molecule has 0 aliphatic carbocycles. The number of aliphatic hydroxyl groups excluding tert-OH is 1. The maximum Gasteiger partial charge on any atom is 0.269 e. The smallest absolute Gasteiger partial charge is 0.269 e. The van der Waals surface area contributed by atoms with E-state index >= 15 is 0 Å². The van der Waals surface area contributed by atoms with E-state index in [1.807, 2.05) is 0 Å². The molecule has 1 rings (SSSR count). The van der Waals surface area contributed by atoms with Crippen LogP contribution in [0.1, 0.15) is 32.6 Å². The van der Waals surface area contributed by atoms with Crippen LogP contribution in [0.4, 0.5) is 5.69 Å². The first-order valence-corrected chi connectivity index (χ1v) is 5.72. The molecule has 0 aliphatic heterocycles. The van der Waals surface area contributed by atoms with Crippen LogP contribution in [0, 0.1) is 10.1 Å². The van der Waals surface area contributed by atoms with Crippen LogP contribution in [0.5, 0.6) is 5.75 Å². The highest BCUT2D eigenvalue weighted by molar-refractivity contribution is 5.35. The highest BCUT2D eigenvalue weighted by atomic mass is 16.6. The number of non-ortho nitro benzene ring substituents is 1. The Morgan fingerprint density at radius 1 is 1.35 bits per heavy atom. The molecule has 1 unspecified atom stereocenters. The van der Waals surface area contributed by atoms with Gasteiger partial charge in [0.2, 0.25) is 0 Å². The number of nitro benzene ring substituents is 1. The van der Waals surface area contributed by atoms with Gasteiger partial charge in [0, 0.05) is 18.6 Å². The van der Waals surface area contributed by atoms with Crippen LogP contribution in [0.3, 0.4) is 0 Å². The number of nitro groups is 1. The number of hydrogen-bond donors (Lipinski definition) is 1. The van der Waals surface area contributed by atoms with E-state index in [2.05, 4.69) is 6.92 Å². The minimum atomic E-state index is -0.844. The molecule has 0 heterocycles. The van der Waals surface area contributed by atoms with E-state index in [9.17, 15) is 15.2 Å². The molecule has 0 spiro atoms. The minimum absolute atomic E-state index is 0.0119. The predicted molar refractivity (Wildman–Crippen MR) is 63.9 cm³/mol. The maximum absolute atomic E-state index is 10.4. The molecule has 0 radical (unpaired) electrons. The first kappa shape index (κ1) is 13.4. The monoisotopic (exact) mass is 239 g/mol. The first-order valence-electron chi connectivity index (χ1n) is 5.72. The van der Waals surface area contributed by atoms with Crippen molar-refractivity contribution in [3.05, 3.63) is 34.4 Å². The SMILES string of the molecule is CCCCCC(O)Oc1ccc([N+](=O)[O-])cc1. The molecule has 94 valence electrons. The summed E-state index contributed by atoms with van der Waals surface area (Å²) in [4.78, 5) is 9.95. The molecule has 17 heavy (non-hydrogen) atoms. The third-order valence-electron chi connectivity index (χ3n) is 2.37. The highest BCUT2D eigenvalue weighted by Gasteiger charge is 2.08. The first-order chi connectivity index (χ1) is 8.13. The zero-order chi connectivity index (χ0) is 12.7. The van der Waals surface area contributed by atoms with E-state index in [-0.39, 0.29) is 5.69 Å². The fourth-order valence-electron chi connectivity index (χ4n) is 1.43. The molecule has 5 heteroatoms. The number of aliphatic hydroxyl groups is 1. The number of benzene rings is 1. The molecule has 1 N–H and O–H groups in total. The fraction of sp³-hybridized carbons (Fsp3) is 0.500. The van der Waals surface area contributed by atoms with Gasteiger partial charge in [0.15, 0.2) is 6.29 Å². The topological polar surface area (TPSA) is 72.6 Å². The summed E-state index contributed by atoms with van der Waals surface area (Å²) in [6.45, 7) is 2.09. The number of nitrogens with zero attached hydrogens (tertiary/aromatic N) is 1. The van der Waals surface area contributed by atoms with Crippen molar-refractivity contribution in [3.63, 3.8) is 0 Å². The van der Waals surface area contributed by atoms with Crippen LogP contribution in [0.15, 0.2) is 24.3 Å². The van der Waals surface area contributed by atoms with Crippen LogP contribution in [0.25, 0.3) is 0 Å². The second-order valence-corrected chi connectivity index (χ2v) is 3.82. The van der Waals surface area contributed by atoms with Crippen LogP contribution in [-0.2, 0) is 0 Å². The summed E-state index contributed by atoms with van der Waals surface area (Å²) in [5.41, 5.74) is 0.0119. The quantitative estimate of drug-likeness (QED) is 0.343. The van der Waals surface area contributed by atoms with Gasteiger partial charge < -0.3 is 9.84 Å². The summed E-state index contributed by atoms with van der Waals surface area (Å²) in [7, 11) is 0. The summed E-state index contributed by atoms with van der Waals surface area (Å²) in [6, 6.07) is 5.69. The molecule has 1 aromatic rings. The van der Waals surface area contributed by atoms with E-state index in [0.29, 0.717) is 12.2 Å². The Kier molecular flexibility index (Phi) is 5.42. The second kappa shape index (κ2) is 6.85. The van der Waals surface area contributed by atoms with Gasteiger partial charge in [-0.2, -0.15) is 0 Å². The van der Waals surface area contributed by atoms with Crippen molar-refractivity contribution in [3.8, 4) is 5.75 Å². The summed E-state index contributed by atoms with van der Waals surface area (Å²) in [6.07, 6.45) is 2.78. The van der Waals surface area contributed by atoms with Crippen LogP contribution < -0.4 is 4.74 Å². The average molecular weight is 239 g/mol. The predicted octanol–water partition coefficient (Wildman–Crippen LogP) is 2.87. The number of hydrogen-bond acceptors (Lipinski definition) is 4. The van der Waals surface area contributed by atoms with Crippen molar-refractivity contribution in [1.29, 1.82) is 0 Å². The van der Waals surface area contributed by atoms with Gasteiger partial charge in [-0.1, -0.05) is 19.8 Å². The largest absolute Gasteiger partial charge is 0.465 e. The molecule has 0 fully saturated rings. The third kappa shape index (κ3) is 4.82. The number of ether oxygens (including phenoxy) is 1. The lowest BCUT2D eigenvalue weighted by atomic mass is 10.2. The Balaban J connectivity index is 2.43. The lowest BCUT2D eigenvalue weighted by Gasteiger charge is -2.12. The van der Waals surface area contributed by atoms with E-state index in [1.165, 1.54) is 24.3 Å². The zero-order valence-electron chi connectivity index (χ0n) is 9.83. The summed E-state index contributed by atoms with van der Waals surface area (Å²) < 4.78 is 5.23. The Morgan fingerprint density at radius 3 is 2.53 bits per heavy atom. The number of unbranched alkanes of at least 4 members (excludes halogenated alkanes) is 2. The fourth-order valence-corrected chi connectivity index (χ4v) is 1.43. The van der Waals surface area contributed by atoms with Crippen LogP contribution in [-0.4, -0.2) is 16.3 Å². The average Bonchev–Trinajstić information content (AvgIpc) is 2.30. The van der Waals surface area contributed by atoms with Crippen molar-refractivity contribution in [2.75, 3.05) is 0 Å². The Bertz CT molecular complexity index is 350. The molecule has 0 bridgehead atoms. The van der Waals surface area contributed by atoms with Gasteiger partial charge in [-0.3, -0.25) is 10.1 Å². The summed E-state index contributed by atoms with van der Waals surface area (Å²) in [5.74, 6) is 0.444. The van der Waals surface area contributed by atoms with Gasteiger partial charge in [0.25, 0.3) is 5.69 Å². The molecule has 0 amide bonds. The summed E-state index contributed by atoms with van der Waals surface area (Å²) >= 11 is 0. The lowest BCUT2D eigenvalue weighted by molar-refractivity contribution is -0.384. The second-order valence-electron chi connectivity index (χ2n) is 3.82. The molecule has 0 saturated carbocycles. The van der Waals surface area contributed by atoms with Crippen molar-refractivity contribution < 1.29 is 14.8 Å². The van der Waals surface area contributed by atoms with Gasteiger partial charge >= 0.3 is 0 Å². The van der Waals surface area contributed by atoms with Crippen molar-refractivity contribution >= 4 is 5.69 Å². The molecule has 0 aliphatic rings. The Hall–Kier alpha value is -1.62. The molecule has 0 saturated heterocycles. The van der Waals surface area contributed by atoms with Gasteiger partial charge in [-0.15, -0.1) is 0 Å². The maximum atomic E-state index is 10.4. The molecular formula is C12H17NO4. The molecule has 0 aromatic heterocycles.